The summed E-state index contributed by atoms with van der Waals surface area (Å²) in [6, 6.07) is 9.39. The van der Waals surface area contributed by atoms with Gasteiger partial charge in [-0.1, -0.05) is 31.6 Å². The molecule has 6 nitrogen and oxygen atoms in total. The van der Waals surface area contributed by atoms with E-state index in [1.807, 2.05) is 6.07 Å². The number of nitriles is 1. The molecule has 1 saturated heterocycles. The molecule has 3 atom stereocenters. The van der Waals surface area contributed by atoms with Crippen LogP contribution in [0.3, 0.4) is 0 Å². The number of carbonyl (C=O) groups excluding carboxylic acids is 2. The number of allylic oxidation sites excluding steroid dienone is 1. The van der Waals surface area contributed by atoms with Crippen LogP contribution in [-0.4, -0.2) is 34.8 Å². The third-order valence-corrected chi connectivity index (χ3v) is 8.78. The molecule has 2 heterocycles. The highest BCUT2D eigenvalue weighted by Gasteiger charge is 2.38. The minimum absolute atomic E-state index is 0.0246. The number of amides is 2. The van der Waals surface area contributed by atoms with E-state index >= 15 is 0 Å². The average molecular weight is 475 g/mol. The molecule has 4 aliphatic rings. The van der Waals surface area contributed by atoms with Crippen molar-refractivity contribution in [2.24, 2.45) is 11.8 Å². The zero-order valence-electron chi connectivity index (χ0n) is 20.7. The predicted molar refractivity (Wildman–Crippen MR) is 135 cm³/mol. The van der Waals surface area contributed by atoms with E-state index in [0.717, 1.165) is 29.7 Å². The van der Waals surface area contributed by atoms with Crippen LogP contribution in [0.1, 0.15) is 92.1 Å². The van der Waals surface area contributed by atoms with E-state index in [2.05, 4.69) is 35.4 Å². The fraction of sp³-hybridized carbons (Fsp3) is 0.621. The molecule has 2 aliphatic heterocycles. The first-order chi connectivity index (χ1) is 17.0. The molecule has 0 radical (unpaired) electrons. The Morgan fingerprint density at radius 1 is 1.09 bits per heavy atom. The van der Waals surface area contributed by atoms with Gasteiger partial charge in [0.15, 0.2) is 0 Å². The summed E-state index contributed by atoms with van der Waals surface area (Å²) in [4.78, 5) is 27.3. The molecule has 1 aromatic carbocycles. The normalized spacial score (nSPS) is 31.1. The summed E-state index contributed by atoms with van der Waals surface area (Å²) in [5, 5.41) is 15.8. The second-order valence-corrected chi connectivity index (χ2v) is 11.2. The molecule has 0 spiro atoms. The molecule has 5 rings (SSSR count). The molecule has 3 fully saturated rings. The molecular formula is C29H38N4O2. The van der Waals surface area contributed by atoms with Crippen LogP contribution in [0.15, 0.2) is 30.5 Å². The van der Waals surface area contributed by atoms with Gasteiger partial charge in [-0.3, -0.25) is 9.59 Å². The van der Waals surface area contributed by atoms with E-state index < -0.39 is 6.04 Å². The molecule has 2 N–H and O–H groups in total. The fourth-order valence-corrected chi connectivity index (χ4v) is 6.77. The highest BCUT2D eigenvalue weighted by Crippen LogP contribution is 2.33. The molecule has 2 aliphatic carbocycles. The SMILES string of the molecule is C=C1CCC(N2Cc3cc(C[C@H]4CCCC[C@@H]4N[C@H]4CC[C@@H](CC#N)CC4)ccc3C2=O)C(=O)N1. The first kappa shape index (κ1) is 24.1. The number of nitrogens with zero attached hydrogens (tertiary/aromatic N) is 2. The third-order valence-electron chi connectivity index (χ3n) is 8.78. The lowest BCUT2D eigenvalue weighted by Gasteiger charge is -2.37. The number of piperidine rings is 1. The van der Waals surface area contributed by atoms with Crippen molar-refractivity contribution in [3.63, 3.8) is 0 Å². The van der Waals surface area contributed by atoms with E-state index in [0.29, 0.717) is 43.3 Å². The monoisotopic (exact) mass is 474 g/mol. The smallest absolute Gasteiger partial charge is 0.255 e. The standard InChI is InChI=1S/C29H38N4O2/c1-19-6-13-27(28(34)31-19)33-18-23-17-21(9-12-25(23)29(33)35)16-22-4-2-3-5-26(22)32-24-10-7-20(8-11-24)14-15-30/h9,12,17,20,22,24,26-27,32H,1-8,10-11,13-14,16,18H2,(H,31,34)/t20-,22-,24+,26+,27?/m1/s1. The summed E-state index contributed by atoms with van der Waals surface area (Å²) in [5.41, 5.74) is 3.85. The van der Waals surface area contributed by atoms with E-state index in [1.54, 1.807) is 4.90 Å². The minimum atomic E-state index is -0.404. The maximum absolute atomic E-state index is 13.1. The van der Waals surface area contributed by atoms with Gasteiger partial charge in [-0.25, -0.2) is 0 Å². The number of hydrogen-bond donors (Lipinski definition) is 2. The number of nitrogens with one attached hydrogen (secondary N) is 2. The molecule has 186 valence electrons. The van der Waals surface area contributed by atoms with Crippen LogP contribution in [0.4, 0.5) is 0 Å². The van der Waals surface area contributed by atoms with Crippen molar-refractivity contribution in [2.75, 3.05) is 0 Å². The maximum atomic E-state index is 13.1. The van der Waals surface area contributed by atoms with Crippen LogP contribution >= 0.6 is 0 Å². The van der Waals surface area contributed by atoms with Gasteiger partial charge < -0.3 is 15.5 Å². The summed E-state index contributed by atoms with van der Waals surface area (Å²) in [5.74, 6) is 1.07. The quantitative estimate of drug-likeness (QED) is 0.631. The molecule has 1 unspecified atom stereocenters. The van der Waals surface area contributed by atoms with Crippen LogP contribution in [0.5, 0.6) is 0 Å². The van der Waals surface area contributed by atoms with Crippen molar-refractivity contribution in [3.05, 3.63) is 47.2 Å². The van der Waals surface area contributed by atoms with Crippen molar-refractivity contribution < 1.29 is 9.59 Å². The van der Waals surface area contributed by atoms with Gasteiger partial charge in [0.25, 0.3) is 5.91 Å². The van der Waals surface area contributed by atoms with Gasteiger partial charge in [-0.2, -0.15) is 5.26 Å². The summed E-state index contributed by atoms with van der Waals surface area (Å²) in [6.45, 7) is 4.37. The molecular weight excluding hydrogens is 436 g/mol. The second-order valence-electron chi connectivity index (χ2n) is 11.2. The first-order valence-electron chi connectivity index (χ1n) is 13.6. The van der Waals surface area contributed by atoms with Gasteiger partial charge in [0.2, 0.25) is 5.91 Å². The topological polar surface area (TPSA) is 85.2 Å². The highest BCUT2D eigenvalue weighted by atomic mass is 16.2. The van der Waals surface area contributed by atoms with E-state index in [-0.39, 0.29) is 11.8 Å². The summed E-state index contributed by atoms with van der Waals surface area (Å²) in [6.07, 6.45) is 12.9. The van der Waals surface area contributed by atoms with Crippen molar-refractivity contribution in [3.8, 4) is 6.07 Å². The van der Waals surface area contributed by atoms with Gasteiger partial charge >= 0.3 is 0 Å². The Bertz CT molecular complexity index is 1020. The number of rotatable bonds is 6. The van der Waals surface area contributed by atoms with E-state index in [9.17, 15) is 9.59 Å². The van der Waals surface area contributed by atoms with Crippen LogP contribution in [0, 0.1) is 23.2 Å². The Labute approximate surface area is 209 Å². The maximum Gasteiger partial charge on any atom is 0.255 e. The van der Waals surface area contributed by atoms with Crippen LogP contribution in [-0.2, 0) is 17.8 Å². The molecule has 2 amide bonds. The summed E-state index contributed by atoms with van der Waals surface area (Å²) < 4.78 is 0. The number of benzene rings is 1. The minimum Gasteiger partial charge on any atom is -0.329 e. The molecule has 35 heavy (non-hydrogen) atoms. The Hall–Kier alpha value is -2.65. The predicted octanol–water partition coefficient (Wildman–Crippen LogP) is 4.60. The molecule has 1 aromatic rings. The summed E-state index contributed by atoms with van der Waals surface area (Å²) >= 11 is 0. The van der Waals surface area contributed by atoms with Crippen LogP contribution in [0.25, 0.3) is 0 Å². The zero-order valence-corrected chi connectivity index (χ0v) is 20.7. The number of carbonyl (C=O) groups is 2. The largest absolute Gasteiger partial charge is 0.329 e. The fourth-order valence-electron chi connectivity index (χ4n) is 6.77. The lowest BCUT2D eigenvalue weighted by molar-refractivity contribution is -0.126. The Balaban J connectivity index is 1.21. The Morgan fingerprint density at radius 2 is 1.89 bits per heavy atom. The van der Waals surface area contributed by atoms with Crippen molar-refractivity contribution in [1.29, 1.82) is 5.26 Å². The second kappa shape index (κ2) is 10.5. The Morgan fingerprint density at radius 3 is 2.66 bits per heavy atom. The Kier molecular flexibility index (Phi) is 7.24. The zero-order chi connectivity index (χ0) is 24.4. The van der Waals surface area contributed by atoms with Gasteiger partial charge in [-0.15, -0.1) is 0 Å². The average Bonchev–Trinajstić information content (AvgIpc) is 3.17. The third kappa shape index (κ3) is 5.30. The van der Waals surface area contributed by atoms with Crippen LogP contribution in [0.2, 0.25) is 0 Å². The molecule has 6 heteroatoms. The van der Waals surface area contributed by atoms with Gasteiger partial charge in [0.05, 0.1) is 6.07 Å². The van der Waals surface area contributed by atoms with Crippen molar-refractivity contribution in [2.45, 2.75) is 102 Å². The van der Waals surface area contributed by atoms with Crippen LogP contribution < -0.4 is 10.6 Å². The lowest BCUT2D eigenvalue weighted by atomic mass is 9.78. The molecule has 0 aromatic heterocycles. The molecule has 0 bridgehead atoms. The molecule has 2 saturated carbocycles. The van der Waals surface area contributed by atoms with Crippen molar-refractivity contribution >= 4 is 11.8 Å². The number of hydrogen-bond acceptors (Lipinski definition) is 4. The summed E-state index contributed by atoms with van der Waals surface area (Å²) in [7, 11) is 0. The highest BCUT2D eigenvalue weighted by molar-refractivity contribution is 6.01. The van der Waals surface area contributed by atoms with E-state index in [1.165, 1.54) is 56.9 Å². The number of fused-ring (bicyclic) bond motifs is 1. The van der Waals surface area contributed by atoms with E-state index in [4.69, 9.17) is 5.26 Å². The van der Waals surface area contributed by atoms with Gasteiger partial charge in [-0.05, 0) is 86.8 Å². The lowest BCUT2D eigenvalue weighted by Crippen LogP contribution is -2.49. The first-order valence-corrected chi connectivity index (χ1v) is 13.6. The van der Waals surface area contributed by atoms with Gasteiger partial charge in [0.1, 0.15) is 6.04 Å². The van der Waals surface area contributed by atoms with Crippen molar-refractivity contribution in [1.82, 2.24) is 15.5 Å². The van der Waals surface area contributed by atoms with Gasteiger partial charge in [0, 0.05) is 36.3 Å².